The minimum atomic E-state index is -0.963. The Morgan fingerprint density at radius 2 is 2.08 bits per heavy atom. The van der Waals surface area contributed by atoms with Crippen molar-refractivity contribution in [1.82, 2.24) is 19.7 Å². The monoisotopic (exact) mass is 357 g/mol. The molecule has 26 heavy (non-hydrogen) atoms. The van der Waals surface area contributed by atoms with Gasteiger partial charge >= 0.3 is 5.97 Å². The van der Waals surface area contributed by atoms with E-state index in [4.69, 9.17) is 0 Å². The maximum Gasteiger partial charge on any atom is 0.309 e. The van der Waals surface area contributed by atoms with E-state index >= 15 is 0 Å². The number of aromatic nitrogens is 3. The minimum Gasteiger partial charge on any atom is -0.481 e. The van der Waals surface area contributed by atoms with Gasteiger partial charge in [0.1, 0.15) is 5.82 Å². The Kier molecular flexibility index (Phi) is 4.67. The molecule has 1 aliphatic rings. The van der Waals surface area contributed by atoms with Crippen molar-refractivity contribution in [2.75, 3.05) is 19.0 Å². The van der Waals surface area contributed by atoms with Crippen molar-refractivity contribution in [3.63, 3.8) is 0 Å². The second-order valence-electron chi connectivity index (χ2n) is 6.84. The molecular formula is C18H23N5O3. The molecule has 2 atom stereocenters. The summed E-state index contributed by atoms with van der Waals surface area (Å²) in [6.45, 7) is 2.21. The fourth-order valence-corrected chi connectivity index (χ4v) is 3.36. The zero-order chi connectivity index (χ0) is 19.0. The van der Waals surface area contributed by atoms with Gasteiger partial charge < -0.3 is 14.9 Å². The number of likely N-dealkylation sites (tertiary alicyclic amines) is 1. The summed E-state index contributed by atoms with van der Waals surface area (Å²) in [4.78, 5) is 32.2. The van der Waals surface area contributed by atoms with E-state index in [0.29, 0.717) is 6.54 Å². The predicted molar refractivity (Wildman–Crippen MR) is 95.5 cm³/mol. The third kappa shape index (κ3) is 3.14. The number of carbonyl (C=O) groups is 2. The highest BCUT2D eigenvalue weighted by Gasteiger charge is 2.45. The van der Waals surface area contributed by atoms with E-state index < -0.39 is 17.9 Å². The lowest BCUT2D eigenvalue weighted by molar-refractivity contribution is -0.142. The SMILES string of the molecule is Cc1c([C@@H]2[C@@H](C(=O)O)CC(=O)N2Cc2ccc(N(C)C)nc2)cnn1C. The van der Waals surface area contributed by atoms with Crippen molar-refractivity contribution >= 4 is 17.7 Å². The minimum absolute atomic E-state index is 0.00244. The summed E-state index contributed by atoms with van der Waals surface area (Å²) >= 11 is 0. The third-order valence-corrected chi connectivity index (χ3v) is 4.96. The first kappa shape index (κ1) is 17.9. The highest BCUT2D eigenvalue weighted by Crippen LogP contribution is 2.40. The van der Waals surface area contributed by atoms with Crippen LogP contribution in [0.3, 0.4) is 0 Å². The first-order valence-electron chi connectivity index (χ1n) is 8.42. The molecule has 0 bridgehead atoms. The van der Waals surface area contributed by atoms with Gasteiger partial charge in [-0.05, 0) is 18.6 Å². The summed E-state index contributed by atoms with van der Waals surface area (Å²) in [7, 11) is 5.62. The molecule has 1 fully saturated rings. The van der Waals surface area contributed by atoms with Crippen molar-refractivity contribution in [3.8, 4) is 0 Å². The Labute approximate surface area is 152 Å². The Hall–Kier alpha value is -2.90. The van der Waals surface area contributed by atoms with Crippen LogP contribution < -0.4 is 4.90 Å². The van der Waals surface area contributed by atoms with Gasteiger partial charge in [0, 0.05) is 51.6 Å². The van der Waals surface area contributed by atoms with E-state index in [-0.39, 0.29) is 12.3 Å². The smallest absolute Gasteiger partial charge is 0.309 e. The van der Waals surface area contributed by atoms with E-state index in [2.05, 4.69) is 10.1 Å². The van der Waals surface area contributed by atoms with E-state index in [1.165, 1.54) is 0 Å². The van der Waals surface area contributed by atoms with Crippen LogP contribution >= 0.6 is 0 Å². The molecule has 0 radical (unpaired) electrons. The van der Waals surface area contributed by atoms with Gasteiger partial charge in [0.2, 0.25) is 5.91 Å². The molecule has 1 N–H and O–H groups in total. The molecule has 0 aromatic carbocycles. The van der Waals surface area contributed by atoms with E-state index in [1.54, 1.807) is 29.0 Å². The van der Waals surface area contributed by atoms with E-state index in [9.17, 15) is 14.7 Å². The molecule has 1 aliphatic heterocycles. The summed E-state index contributed by atoms with van der Waals surface area (Å²) < 4.78 is 1.70. The second kappa shape index (κ2) is 6.78. The molecule has 3 heterocycles. The summed E-state index contributed by atoms with van der Waals surface area (Å²) in [5.74, 6) is -1.08. The molecule has 0 spiro atoms. The number of rotatable bonds is 5. The standard InChI is InChI=1S/C18H23N5O3/c1-11-14(9-20-22(11)4)17-13(18(25)26)7-16(24)23(17)10-12-5-6-15(19-8-12)21(2)3/h5-6,8-9,13,17H,7,10H2,1-4H3,(H,25,26)/t13-,17-/m0/s1. The lowest BCUT2D eigenvalue weighted by Gasteiger charge is -2.27. The number of carboxylic acid groups (broad SMARTS) is 1. The molecule has 1 amide bonds. The van der Waals surface area contributed by atoms with Gasteiger partial charge in [0.15, 0.2) is 0 Å². The number of aryl methyl sites for hydroxylation is 1. The van der Waals surface area contributed by atoms with Gasteiger partial charge in [-0.15, -0.1) is 0 Å². The average Bonchev–Trinajstić information content (AvgIpc) is 3.09. The van der Waals surface area contributed by atoms with Crippen LogP contribution in [-0.4, -0.2) is 50.7 Å². The van der Waals surface area contributed by atoms with Crippen LogP contribution in [0.15, 0.2) is 24.5 Å². The fraction of sp³-hybridized carbons (Fsp3) is 0.444. The maximum absolute atomic E-state index is 12.6. The van der Waals surface area contributed by atoms with Gasteiger partial charge in [-0.1, -0.05) is 6.07 Å². The Morgan fingerprint density at radius 3 is 2.58 bits per heavy atom. The number of anilines is 1. The molecule has 138 valence electrons. The summed E-state index contributed by atoms with van der Waals surface area (Å²) in [5.41, 5.74) is 2.51. The zero-order valence-electron chi connectivity index (χ0n) is 15.4. The van der Waals surface area contributed by atoms with Crippen LogP contribution in [0.2, 0.25) is 0 Å². The Morgan fingerprint density at radius 1 is 1.35 bits per heavy atom. The molecule has 0 unspecified atom stereocenters. The molecular weight excluding hydrogens is 334 g/mol. The summed E-state index contributed by atoms with van der Waals surface area (Å²) in [5, 5.41) is 13.8. The Balaban J connectivity index is 1.93. The fourth-order valence-electron chi connectivity index (χ4n) is 3.36. The van der Waals surface area contributed by atoms with Crippen LogP contribution in [0.4, 0.5) is 5.82 Å². The quantitative estimate of drug-likeness (QED) is 0.869. The first-order chi connectivity index (χ1) is 12.3. The number of carbonyl (C=O) groups excluding carboxylic acids is 1. The molecule has 1 saturated heterocycles. The first-order valence-corrected chi connectivity index (χ1v) is 8.42. The third-order valence-electron chi connectivity index (χ3n) is 4.96. The predicted octanol–water partition coefficient (Wildman–Crippen LogP) is 1.36. The van der Waals surface area contributed by atoms with Gasteiger partial charge in [-0.3, -0.25) is 14.3 Å². The highest BCUT2D eigenvalue weighted by molar-refractivity contribution is 5.87. The van der Waals surface area contributed by atoms with Crippen LogP contribution in [0.5, 0.6) is 0 Å². The molecule has 2 aromatic heterocycles. The van der Waals surface area contributed by atoms with Crippen molar-refractivity contribution in [2.24, 2.45) is 13.0 Å². The van der Waals surface area contributed by atoms with E-state index in [0.717, 1.165) is 22.6 Å². The normalized spacial score (nSPS) is 19.8. The molecule has 8 nitrogen and oxygen atoms in total. The van der Waals surface area contributed by atoms with Gasteiger partial charge in [-0.25, -0.2) is 4.98 Å². The lowest BCUT2D eigenvalue weighted by Crippen LogP contribution is -2.30. The topological polar surface area (TPSA) is 91.6 Å². The van der Waals surface area contributed by atoms with Gasteiger partial charge in [-0.2, -0.15) is 5.10 Å². The molecule has 8 heteroatoms. The summed E-state index contributed by atoms with van der Waals surface area (Å²) in [6.07, 6.45) is 3.39. The van der Waals surface area contributed by atoms with Gasteiger partial charge in [0.05, 0.1) is 18.2 Å². The van der Waals surface area contributed by atoms with Crippen LogP contribution in [0.1, 0.15) is 29.3 Å². The Bertz CT molecular complexity index is 828. The molecule has 0 saturated carbocycles. The highest BCUT2D eigenvalue weighted by atomic mass is 16.4. The number of hydrogen-bond donors (Lipinski definition) is 1. The van der Waals surface area contributed by atoms with Crippen molar-refractivity contribution in [1.29, 1.82) is 0 Å². The number of nitrogens with zero attached hydrogens (tertiary/aromatic N) is 5. The van der Waals surface area contributed by atoms with Crippen LogP contribution in [0.25, 0.3) is 0 Å². The average molecular weight is 357 g/mol. The van der Waals surface area contributed by atoms with Crippen molar-refractivity contribution < 1.29 is 14.7 Å². The van der Waals surface area contributed by atoms with Crippen LogP contribution in [0, 0.1) is 12.8 Å². The second-order valence-corrected chi connectivity index (χ2v) is 6.84. The summed E-state index contributed by atoms with van der Waals surface area (Å²) in [6, 6.07) is 3.27. The van der Waals surface area contributed by atoms with Crippen molar-refractivity contribution in [2.45, 2.75) is 25.9 Å². The largest absolute Gasteiger partial charge is 0.481 e. The van der Waals surface area contributed by atoms with Crippen molar-refractivity contribution in [3.05, 3.63) is 41.3 Å². The number of aliphatic carboxylic acids is 1. The lowest BCUT2D eigenvalue weighted by atomic mass is 9.94. The number of carboxylic acids is 1. The van der Waals surface area contributed by atoms with Crippen LogP contribution in [-0.2, 0) is 23.2 Å². The molecule has 2 aromatic rings. The van der Waals surface area contributed by atoms with Gasteiger partial charge in [0.25, 0.3) is 0 Å². The zero-order valence-corrected chi connectivity index (χ0v) is 15.4. The number of amides is 1. The number of hydrogen-bond acceptors (Lipinski definition) is 5. The van der Waals surface area contributed by atoms with E-state index in [1.807, 2.05) is 38.1 Å². The maximum atomic E-state index is 12.6. The molecule has 3 rings (SSSR count). The number of pyridine rings is 1. The molecule has 0 aliphatic carbocycles.